The lowest BCUT2D eigenvalue weighted by Crippen LogP contribution is -2.30. The van der Waals surface area contributed by atoms with E-state index in [1.807, 2.05) is 0 Å². The van der Waals surface area contributed by atoms with E-state index in [0.29, 0.717) is 17.9 Å². The molecule has 0 spiro atoms. The van der Waals surface area contributed by atoms with Crippen LogP contribution in [0.3, 0.4) is 0 Å². The minimum Gasteiger partial charge on any atom is -0.473 e. The van der Waals surface area contributed by atoms with Gasteiger partial charge in [-0.25, -0.2) is 13.6 Å². The fourth-order valence-corrected chi connectivity index (χ4v) is 2.16. The lowest BCUT2D eigenvalue weighted by Gasteiger charge is -2.19. The molecule has 2 heterocycles. The van der Waals surface area contributed by atoms with Crippen molar-refractivity contribution in [3.63, 3.8) is 0 Å². The molecule has 2 aromatic rings. The Balaban J connectivity index is 1.77. The van der Waals surface area contributed by atoms with Crippen LogP contribution in [-0.2, 0) is 13.2 Å². The van der Waals surface area contributed by atoms with Crippen molar-refractivity contribution in [3.05, 3.63) is 51.9 Å². The summed E-state index contributed by atoms with van der Waals surface area (Å²) in [7, 11) is 0. The maximum Gasteiger partial charge on any atom is 0.352 e. The molecule has 0 atom stereocenters. The Kier molecular flexibility index (Phi) is 3.55. The Morgan fingerprint density at radius 1 is 1.29 bits per heavy atom. The van der Waals surface area contributed by atoms with Crippen LogP contribution in [0.5, 0.6) is 5.88 Å². The van der Waals surface area contributed by atoms with Crippen molar-refractivity contribution < 1.29 is 13.5 Å². The fraction of sp³-hybridized carbons (Fsp3) is 0.286. The number of hydrogen-bond donors (Lipinski definition) is 1. The summed E-state index contributed by atoms with van der Waals surface area (Å²) in [6.07, 6.45) is 0.865. The van der Waals surface area contributed by atoms with Gasteiger partial charge in [0.05, 0.1) is 0 Å². The number of rotatable bonds is 3. The highest BCUT2D eigenvalue weighted by Crippen LogP contribution is 2.17. The highest BCUT2D eigenvalue weighted by atomic mass is 19.2. The van der Waals surface area contributed by atoms with Crippen molar-refractivity contribution in [3.8, 4) is 5.88 Å². The predicted octanol–water partition coefficient (Wildman–Crippen LogP) is 1.92. The van der Waals surface area contributed by atoms with Gasteiger partial charge >= 0.3 is 5.69 Å². The second-order valence-electron chi connectivity index (χ2n) is 4.73. The number of nitrogens with zero attached hydrogens (tertiary/aromatic N) is 2. The highest BCUT2D eigenvalue weighted by molar-refractivity contribution is 5.40. The third-order valence-electron chi connectivity index (χ3n) is 3.22. The molecule has 3 rings (SSSR count). The molecule has 0 fully saturated rings. The van der Waals surface area contributed by atoms with Crippen molar-refractivity contribution in [1.29, 1.82) is 0 Å². The van der Waals surface area contributed by atoms with Crippen molar-refractivity contribution in [1.82, 2.24) is 9.55 Å². The molecule has 0 amide bonds. The van der Waals surface area contributed by atoms with Gasteiger partial charge in [-0.3, -0.25) is 4.57 Å². The molecule has 7 heteroatoms. The number of hydrogen-bond acceptors (Lipinski definition) is 4. The van der Waals surface area contributed by atoms with Crippen LogP contribution in [0.4, 0.5) is 14.6 Å². The number of aromatic nitrogens is 2. The maximum atomic E-state index is 13.1. The largest absolute Gasteiger partial charge is 0.473 e. The number of benzene rings is 1. The van der Waals surface area contributed by atoms with Crippen LogP contribution in [0.1, 0.15) is 12.0 Å². The first-order valence-corrected chi connectivity index (χ1v) is 6.56. The van der Waals surface area contributed by atoms with Crippen molar-refractivity contribution in [2.75, 3.05) is 11.9 Å². The number of anilines is 1. The Bertz CT molecular complexity index is 731. The van der Waals surface area contributed by atoms with Gasteiger partial charge < -0.3 is 10.1 Å². The van der Waals surface area contributed by atoms with E-state index >= 15 is 0 Å². The van der Waals surface area contributed by atoms with Crippen LogP contribution >= 0.6 is 0 Å². The molecule has 0 unspecified atom stereocenters. The number of fused-ring (bicyclic) bond motifs is 1. The van der Waals surface area contributed by atoms with Gasteiger partial charge in [0.1, 0.15) is 12.4 Å². The Hall–Kier alpha value is -2.44. The van der Waals surface area contributed by atoms with Gasteiger partial charge in [0, 0.05) is 19.2 Å². The van der Waals surface area contributed by atoms with Crippen LogP contribution in [0.25, 0.3) is 0 Å². The molecule has 0 aliphatic carbocycles. The van der Waals surface area contributed by atoms with Gasteiger partial charge in [-0.05, 0) is 24.1 Å². The van der Waals surface area contributed by atoms with Crippen molar-refractivity contribution >= 4 is 5.82 Å². The monoisotopic (exact) mass is 293 g/mol. The van der Waals surface area contributed by atoms with Crippen LogP contribution in [-0.4, -0.2) is 16.1 Å². The summed E-state index contributed by atoms with van der Waals surface area (Å²) in [4.78, 5) is 15.6. The summed E-state index contributed by atoms with van der Waals surface area (Å²) in [5, 5.41) is 3.09. The summed E-state index contributed by atoms with van der Waals surface area (Å²) in [6, 6.07) is 5.13. The Morgan fingerprint density at radius 2 is 2.14 bits per heavy atom. The molecule has 110 valence electrons. The van der Waals surface area contributed by atoms with Crippen LogP contribution in [0, 0.1) is 11.6 Å². The normalized spacial score (nSPS) is 13.4. The van der Waals surface area contributed by atoms with Crippen LogP contribution < -0.4 is 15.7 Å². The highest BCUT2D eigenvalue weighted by Gasteiger charge is 2.12. The van der Waals surface area contributed by atoms with Crippen LogP contribution in [0.2, 0.25) is 0 Å². The van der Waals surface area contributed by atoms with E-state index in [-0.39, 0.29) is 18.2 Å². The second-order valence-corrected chi connectivity index (χ2v) is 4.73. The van der Waals surface area contributed by atoms with E-state index in [2.05, 4.69) is 10.3 Å². The average molecular weight is 293 g/mol. The zero-order chi connectivity index (χ0) is 14.8. The quantitative estimate of drug-likeness (QED) is 0.939. The minimum absolute atomic E-state index is 0.00704. The average Bonchev–Trinajstić information content (AvgIpc) is 2.49. The third-order valence-corrected chi connectivity index (χ3v) is 3.22. The molecular formula is C14H13F2N3O2. The minimum atomic E-state index is -0.934. The third kappa shape index (κ3) is 2.86. The molecule has 0 bridgehead atoms. The Labute approximate surface area is 119 Å². The number of ether oxygens (including phenoxy) is 1. The fourth-order valence-electron chi connectivity index (χ4n) is 2.16. The first-order chi connectivity index (χ1) is 10.1. The maximum absolute atomic E-state index is 13.1. The van der Waals surface area contributed by atoms with E-state index in [0.717, 1.165) is 25.1 Å². The molecular weight excluding hydrogens is 280 g/mol. The lowest BCUT2D eigenvalue weighted by atomic mass is 10.2. The summed E-state index contributed by atoms with van der Waals surface area (Å²) >= 11 is 0. The molecule has 1 aliphatic rings. The molecule has 1 aromatic heterocycles. The lowest BCUT2D eigenvalue weighted by molar-refractivity contribution is 0.290. The predicted molar refractivity (Wildman–Crippen MR) is 72.3 cm³/mol. The zero-order valence-electron chi connectivity index (χ0n) is 11.1. The van der Waals surface area contributed by atoms with Gasteiger partial charge in [-0.2, -0.15) is 4.98 Å². The summed E-state index contributed by atoms with van der Waals surface area (Å²) in [6.45, 7) is 1.41. The SMILES string of the molecule is O=c1nc(OCc2ccc(F)c(F)c2)cc2n1CCCN2. The van der Waals surface area contributed by atoms with E-state index in [9.17, 15) is 13.6 Å². The van der Waals surface area contributed by atoms with Crippen molar-refractivity contribution in [2.24, 2.45) is 0 Å². The molecule has 5 nitrogen and oxygen atoms in total. The van der Waals surface area contributed by atoms with E-state index in [1.165, 1.54) is 10.6 Å². The van der Waals surface area contributed by atoms with Crippen LogP contribution in [0.15, 0.2) is 29.1 Å². The molecule has 21 heavy (non-hydrogen) atoms. The first kappa shape index (κ1) is 13.5. The number of halogens is 2. The first-order valence-electron chi connectivity index (χ1n) is 6.56. The van der Waals surface area contributed by atoms with Gasteiger partial charge in [0.2, 0.25) is 5.88 Å². The molecule has 0 radical (unpaired) electrons. The topological polar surface area (TPSA) is 56.1 Å². The smallest absolute Gasteiger partial charge is 0.352 e. The second kappa shape index (κ2) is 5.51. The molecule has 1 aromatic carbocycles. The molecule has 1 aliphatic heterocycles. The summed E-state index contributed by atoms with van der Waals surface area (Å²) in [5.41, 5.74) is 0.0708. The zero-order valence-corrected chi connectivity index (χ0v) is 11.1. The van der Waals surface area contributed by atoms with E-state index in [1.54, 1.807) is 6.07 Å². The van der Waals surface area contributed by atoms with Gasteiger partial charge in [0.15, 0.2) is 11.6 Å². The van der Waals surface area contributed by atoms with E-state index in [4.69, 9.17) is 4.74 Å². The van der Waals surface area contributed by atoms with E-state index < -0.39 is 11.6 Å². The van der Waals surface area contributed by atoms with Gasteiger partial charge in [0.25, 0.3) is 0 Å². The van der Waals surface area contributed by atoms with Gasteiger partial charge in [-0.15, -0.1) is 0 Å². The molecule has 0 saturated carbocycles. The van der Waals surface area contributed by atoms with Gasteiger partial charge in [-0.1, -0.05) is 6.07 Å². The summed E-state index contributed by atoms with van der Waals surface area (Å²) < 4.78 is 32.8. The summed E-state index contributed by atoms with van der Waals surface area (Å²) in [5.74, 6) is -1.03. The molecule has 0 saturated heterocycles. The Morgan fingerprint density at radius 3 is 2.95 bits per heavy atom. The van der Waals surface area contributed by atoms with Crippen molar-refractivity contribution in [2.45, 2.75) is 19.6 Å². The standard InChI is InChI=1S/C14H13F2N3O2/c15-10-3-2-9(6-11(10)16)8-21-13-7-12-17-4-1-5-19(12)14(20)18-13/h2-3,6-7,17H,1,4-5,8H2. The molecule has 1 N–H and O–H groups in total. The number of nitrogens with one attached hydrogen (secondary N) is 1.